The van der Waals surface area contributed by atoms with Gasteiger partial charge in [-0.2, -0.15) is 55.1 Å². The molecule has 2 aromatic heterocycles. The van der Waals surface area contributed by atoms with Crippen molar-refractivity contribution in [2.75, 3.05) is 41.4 Å². The van der Waals surface area contributed by atoms with Crippen molar-refractivity contribution >= 4 is 143 Å². The Balaban J connectivity index is 1.32. The van der Waals surface area contributed by atoms with Crippen molar-refractivity contribution in [2.45, 2.75) is 81.7 Å². The maximum Gasteiger partial charge on any atom is 0.295 e. The standard InChI is InChI=1S/C50H52N8O22S8/c1-49(2)41(57(19-5-21-82(61,62)63)37-11-9-32-34(44(37)49)24-30(85(69,70)71)26-39(32)87(75,76)77)13-7-28(36-23-29(15-17-52-36)46(60)53-18-16-43(59)54-47-55-56-48(81-47)84(51,67)68)8-14-42-50(3,4)45-35-25-31(86(72,73)74)27-40(88(78,79)80)33(35)10-12-38(45)58(42)20-6-22-83(64,65)66/h7-15,17,23-27H,5-6,16,18-22H2,1-4H3,(H9-,51,53,54,55,59,60,61,62,63,64,65,66,67,68,69,70,71,72,73,74,75,76,77,78,79,80)/p+1. The van der Waals surface area contributed by atoms with Crippen LogP contribution in [0.1, 0.15) is 74.1 Å². The van der Waals surface area contributed by atoms with E-state index >= 15 is 0 Å². The van der Waals surface area contributed by atoms with Gasteiger partial charge in [0.15, 0.2) is 5.71 Å². The SMILES string of the molecule is CC1(C)C(/C=C/C(=C/C=C2/N(CCCS(=O)(=O)O)c3ccc4c(S(=O)(=O)O)cc(S(=O)(=O)O)cc4c3C2(C)C)c2cc(C(=O)NCCC(=O)Nc3nnc(S(N)(=O)=O)s3)ccn2)=[N+](CCCS(=O)(=O)O)c2ccc3c(S(=O)(=O)O)cc(S(=O)(=O)O)cc3c21. The van der Waals surface area contributed by atoms with Crippen LogP contribution in [-0.4, -0.2) is 155 Å². The van der Waals surface area contributed by atoms with E-state index in [0.29, 0.717) is 23.5 Å². The van der Waals surface area contributed by atoms with E-state index in [2.05, 4.69) is 25.8 Å². The third-order valence-corrected chi connectivity index (χ3v) is 21.4. The van der Waals surface area contributed by atoms with Gasteiger partial charge in [0.2, 0.25) is 21.1 Å². The second-order valence-electron chi connectivity index (χ2n) is 21.0. The number of amides is 2. The number of rotatable bonds is 22. The second kappa shape index (κ2) is 23.8. The van der Waals surface area contributed by atoms with Crippen molar-refractivity contribution in [1.29, 1.82) is 0 Å². The van der Waals surface area contributed by atoms with Gasteiger partial charge in [-0.05, 0) is 97.3 Å². The average Bonchev–Trinajstić information content (AvgIpc) is 1.92. The summed E-state index contributed by atoms with van der Waals surface area (Å²) >= 11 is 0.482. The first-order chi connectivity index (χ1) is 40.4. The number of nitrogens with one attached hydrogen (secondary N) is 2. The summed E-state index contributed by atoms with van der Waals surface area (Å²) < 4.78 is 235. The Morgan fingerprint density at radius 3 is 1.80 bits per heavy atom. The first kappa shape index (κ1) is 67.0. The van der Waals surface area contributed by atoms with Gasteiger partial charge in [0.1, 0.15) is 16.3 Å². The van der Waals surface area contributed by atoms with Crippen LogP contribution in [0.3, 0.4) is 0 Å². The molecular formula is C50H53N8O22S8+. The van der Waals surface area contributed by atoms with Gasteiger partial charge in [0, 0.05) is 88.5 Å². The van der Waals surface area contributed by atoms with E-state index in [0.717, 1.165) is 12.1 Å². The van der Waals surface area contributed by atoms with E-state index in [1.165, 1.54) is 66.9 Å². The monoisotopic (exact) mass is 1370 g/mol. The highest BCUT2D eigenvalue weighted by Gasteiger charge is 2.47. The predicted octanol–water partition coefficient (Wildman–Crippen LogP) is 3.89. The molecule has 2 aliphatic rings. The van der Waals surface area contributed by atoms with Crippen molar-refractivity contribution < 1.29 is 100 Å². The summed E-state index contributed by atoms with van der Waals surface area (Å²) in [5, 5.41) is 16.2. The summed E-state index contributed by atoms with van der Waals surface area (Å²) in [6.07, 6.45) is 6.33. The number of carbonyl (C=O) groups excluding carboxylic acids is 2. The topological polar surface area (TPSA) is 489 Å². The van der Waals surface area contributed by atoms with E-state index in [1.54, 1.807) is 37.2 Å². The van der Waals surface area contributed by atoms with Gasteiger partial charge < -0.3 is 15.5 Å². The Hall–Kier alpha value is -6.89. The molecule has 0 saturated heterocycles. The summed E-state index contributed by atoms with van der Waals surface area (Å²) in [6, 6.07) is 11.1. The zero-order valence-corrected chi connectivity index (χ0v) is 52.6. The lowest BCUT2D eigenvalue weighted by Crippen LogP contribution is -2.28. The number of sulfonamides is 1. The molecule has 0 unspecified atom stereocenters. The molecule has 4 aromatic carbocycles. The molecule has 88 heavy (non-hydrogen) atoms. The maximum atomic E-state index is 13.8. The Kier molecular flexibility index (Phi) is 18.1. The second-order valence-corrected chi connectivity index (χ2v) is 32.5. The first-order valence-electron chi connectivity index (χ1n) is 25.3. The molecule has 10 N–H and O–H groups in total. The lowest BCUT2D eigenvalue weighted by atomic mass is 9.79. The molecule has 6 aromatic rings. The van der Waals surface area contributed by atoms with Crippen LogP contribution in [0.2, 0.25) is 0 Å². The number of hydrogen-bond acceptors (Lipinski definition) is 21. The van der Waals surface area contributed by atoms with Gasteiger partial charge in [-0.25, -0.2) is 13.6 Å². The normalized spacial score (nSPS) is 16.2. The lowest BCUT2D eigenvalue weighted by molar-refractivity contribution is -0.437. The molecule has 2 amide bonds. The van der Waals surface area contributed by atoms with E-state index in [1.807, 2.05) is 0 Å². The molecule has 0 bridgehead atoms. The number of hydrogen-bond donors (Lipinski definition) is 9. The van der Waals surface area contributed by atoms with Crippen LogP contribution in [0.15, 0.2) is 121 Å². The van der Waals surface area contributed by atoms with E-state index in [-0.39, 0.29) is 116 Å². The summed E-state index contributed by atoms with van der Waals surface area (Å²) in [5.74, 6) is -2.99. The van der Waals surface area contributed by atoms with Gasteiger partial charge in [-0.1, -0.05) is 37.3 Å². The molecule has 0 radical (unpaired) electrons. The third-order valence-electron chi connectivity index (χ3n) is 14.2. The average molecular weight is 1370 g/mol. The molecule has 0 atom stereocenters. The van der Waals surface area contributed by atoms with Crippen molar-refractivity contribution in [3.05, 3.63) is 119 Å². The van der Waals surface area contributed by atoms with Crippen LogP contribution in [-0.2, 0) is 86.4 Å². The maximum absolute atomic E-state index is 13.8. The number of nitrogens with two attached hydrogens (primary N) is 1. The summed E-state index contributed by atoms with van der Waals surface area (Å²) in [6.45, 7) is 5.81. The molecule has 0 spiro atoms. The zero-order valence-electron chi connectivity index (χ0n) is 46.1. The molecular weight excluding hydrogens is 1320 g/mol. The minimum atomic E-state index is -5.20. The number of pyridine rings is 1. The van der Waals surface area contributed by atoms with Crippen LogP contribution in [0.4, 0.5) is 16.5 Å². The number of fused-ring (bicyclic) bond motifs is 6. The number of primary sulfonamides is 1. The Morgan fingerprint density at radius 1 is 0.682 bits per heavy atom. The smallest absolute Gasteiger partial charge is 0.295 e. The van der Waals surface area contributed by atoms with Crippen molar-refractivity contribution in [3.8, 4) is 0 Å². The van der Waals surface area contributed by atoms with E-state index < -0.39 is 129 Å². The Morgan fingerprint density at radius 2 is 1.25 bits per heavy atom. The van der Waals surface area contributed by atoms with Gasteiger partial charge in [0.25, 0.3) is 76.6 Å². The van der Waals surface area contributed by atoms with Crippen molar-refractivity contribution in [2.24, 2.45) is 5.14 Å². The Labute approximate surface area is 508 Å². The highest BCUT2D eigenvalue weighted by Crippen LogP contribution is 2.52. The van der Waals surface area contributed by atoms with Crippen LogP contribution in [0, 0.1) is 0 Å². The molecule has 4 heterocycles. The quantitative estimate of drug-likeness (QED) is 0.0201. The minimum absolute atomic E-state index is 0.0144. The lowest BCUT2D eigenvalue weighted by Gasteiger charge is -2.27. The molecule has 0 fully saturated rings. The van der Waals surface area contributed by atoms with Crippen molar-refractivity contribution in [3.63, 3.8) is 0 Å². The molecule has 2 aliphatic heterocycles. The molecule has 8 rings (SSSR count). The molecule has 30 nitrogen and oxygen atoms in total. The van der Waals surface area contributed by atoms with Gasteiger partial charge >= 0.3 is 0 Å². The highest BCUT2D eigenvalue weighted by atomic mass is 32.3. The number of carbonyl (C=O) groups is 2. The van der Waals surface area contributed by atoms with Crippen LogP contribution >= 0.6 is 11.3 Å². The fourth-order valence-corrected chi connectivity index (χ4v) is 15.6. The highest BCUT2D eigenvalue weighted by molar-refractivity contribution is 7.91. The third kappa shape index (κ3) is 14.6. The summed E-state index contributed by atoms with van der Waals surface area (Å²) in [5.41, 5.74) is -1.27. The first-order valence-corrected chi connectivity index (χ1v) is 36.7. The Bertz CT molecular complexity index is 4950. The fraction of sp³-hybridized carbons (Fsp3) is 0.280. The molecule has 0 saturated carbocycles. The number of benzene rings is 4. The van der Waals surface area contributed by atoms with Crippen LogP contribution < -0.4 is 20.7 Å². The predicted molar refractivity (Wildman–Crippen MR) is 319 cm³/mol. The zero-order chi connectivity index (χ0) is 65.3. The number of allylic oxidation sites excluding steroid dienone is 6. The van der Waals surface area contributed by atoms with Crippen LogP contribution in [0.5, 0.6) is 0 Å². The summed E-state index contributed by atoms with van der Waals surface area (Å²) in [7, 11) is -34.1. The molecule has 0 aliphatic carbocycles. The van der Waals surface area contributed by atoms with E-state index in [4.69, 9.17) is 5.14 Å². The van der Waals surface area contributed by atoms with Gasteiger partial charge in [0.05, 0.1) is 32.4 Å². The van der Waals surface area contributed by atoms with Gasteiger partial charge in [-0.15, -0.1) is 10.2 Å². The number of nitrogens with zero attached hydrogens (tertiary/aromatic N) is 5. The fourth-order valence-electron chi connectivity index (χ4n) is 10.5. The van der Waals surface area contributed by atoms with Gasteiger partial charge in [-0.3, -0.25) is 41.9 Å². The van der Waals surface area contributed by atoms with E-state index in [9.17, 15) is 95.8 Å². The molecule has 472 valence electrons. The molecule has 38 heteroatoms. The summed E-state index contributed by atoms with van der Waals surface area (Å²) in [4.78, 5) is 29.1. The largest absolute Gasteiger partial charge is 0.352 e. The van der Waals surface area contributed by atoms with Crippen LogP contribution in [0.25, 0.3) is 27.1 Å². The van der Waals surface area contributed by atoms with Crippen molar-refractivity contribution in [1.82, 2.24) is 20.5 Å². The number of aromatic nitrogens is 3. The number of anilines is 2. The minimum Gasteiger partial charge on any atom is -0.352 e.